The molecule has 2 nitrogen and oxygen atoms in total. The van der Waals surface area contributed by atoms with E-state index in [1.807, 2.05) is 12.2 Å². The summed E-state index contributed by atoms with van der Waals surface area (Å²) < 4.78 is 50.8. The van der Waals surface area contributed by atoms with Gasteiger partial charge < -0.3 is 9.47 Å². The van der Waals surface area contributed by atoms with E-state index in [1.54, 1.807) is 13.0 Å². The molecule has 1 saturated heterocycles. The number of aryl methyl sites for hydroxylation is 1. The Kier molecular flexibility index (Phi) is 7.63. The molecule has 0 spiro atoms. The predicted octanol–water partition coefficient (Wildman–Crippen LogP) is 5.01. The van der Waals surface area contributed by atoms with Crippen molar-refractivity contribution in [3.63, 3.8) is 0 Å². The molecule has 2 rings (SSSR count). The Hall–Kier alpha value is -1.49. The zero-order valence-electron chi connectivity index (χ0n) is 14.1. The molecule has 5 heteroatoms. The molecule has 1 fully saturated rings. The van der Waals surface area contributed by atoms with E-state index in [0.29, 0.717) is 44.0 Å². The number of allylic oxidation sites excluding steroid dienone is 1. The fraction of sp³-hybridized carbons (Fsp3) is 0.579. The van der Waals surface area contributed by atoms with Gasteiger partial charge in [-0.25, -0.2) is 4.39 Å². The summed E-state index contributed by atoms with van der Waals surface area (Å²) in [5, 5.41) is 0. The lowest BCUT2D eigenvalue weighted by molar-refractivity contribution is -0.00803. The highest BCUT2D eigenvalue weighted by atomic mass is 19.2. The minimum Gasteiger partial charge on any atom is -0.491 e. The molecular formula is C19H25F3O2. The van der Waals surface area contributed by atoms with Crippen LogP contribution in [0.2, 0.25) is 0 Å². The normalized spacial score (nSPS) is 21.3. The monoisotopic (exact) mass is 342 g/mol. The molecule has 1 aliphatic rings. The molecule has 134 valence electrons. The number of hydrogen-bond acceptors (Lipinski definition) is 2. The summed E-state index contributed by atoms with van der Waals surface area (Å²) in [6.45, 7) is 2.29. The summed E-state index contributed by atoms with van der Waals surface area (Å²) in [5.41, 5.74) is 0.351. The third-order valence-electron chi connectivity index (χ3n) is 4.25. The third kappa shape index (κ3) is 5.26. The van der Waals surface area contributed by atoms with Gasteiger partial charge in [-0.3, -0.25) is 4.39 Å². The van der Waals surface area contributed by atoms with Crippen molar-refractivity contribution in [3.05, 3.63) is 41.5 Å². The summed E-state index contributed by atoms with van der Waals surface area (Å²) >= 11 is 0. The van der Waals surface area contributed by atoms with Crippen molar-refractivity contribution < 1.29 is 22.6 Å². The first kappa shape index (κ1) is 18.8. The summed E-state index contributed by atoms with van der Waals surface area (Å²) in [6.07, 6.45) is 7.32. The smallest absolute Gasteiger partial charge is 0.200 e. The van der Waals surface area contributed by atoms with E-state index in [-0.39, 0.29) is 18.5 Å². The largest absolute Gasteiger partial charge is 0.491 e. The molecule has 1 aromatic carbocycles. The van der Waals surface area contributed by atoms with Crippen molar-refractivity contribution in [1.29, 1.82) is 0 Å². The fourth-order valence-electron chi connectivity index (χ4n) is 2.91. The van der Waals surface area contributed by atoms with Crippen molar-refractivity contribution >= 4 is 0 Å². The standard InChI is InChI=1S/C19H25F3O2/c1-2-23-17-11-8-15(18(21)19(17)22)7-10-16-9-6-14(13-24-16)5-3-4-12-20/h3,5,8,11,14,16H,2,4,6-7,9-10,12-13H2,1H3. The van der Waals surface area contributed by atoms with Gasteiger partial charge in [-0.1, -0.05) is 18.2 Å². The van der Waals surface area contributed by atoms with Gasteiger partial charge in [-0.05, 0) is 50.7 Å². The second-order valence-electron chi connectivity index (χ2n) is 6.02. The Morgan fingerprint density at radius 1 is 1.25 bits per heavy atom. The molecule has 1 heterocycles. The number of halogens is 3. The van der Waals surface area contributed by atoms with Gasteiger partial charge >= 0.3 is 0 Å². The van der Waals surface area contributed by atoms with Gasteiger partial charge in [0.2, 0.25) is 5.82 Å². The molecule has 1 aromatic rings. The van der Waals surface area contributed by atoms with E-state index >= 15 is 0 Å². The Labute approximate surface area is 141 Å². The number of hydrogen-bond donors (Lipinski definition) is 0. The van der Waals surface area contributed by atoms with Gasteiger partial charge in [0.15, 0.2) is 11.6 Å². The maximum atomic E-state index is 14.0. The molecule has 0 aliphatic carbocycles. The zero-order valence-corrected chi connectivity index (χ0v) is 14.1. The van der Waals surface area contributed by atoms with Crippen LogP contribution in [0.1, 0.15) is 38.2 Å². The first-order valence-corrected chi connectivity index (χ1v) is 8.59. The van der Waals surface area contributed by atoms with Crippen LogP contribution in [0.4, 0.5) is 13.2 Å². The number of alkyl halides is 1. The van der Waals surface area contributed by atoms with Gasteiger partial charge in [0.25, 0.3) is 0 Å². The Morgan fingerprint density at radius 3 is 2.75 bits per heavy atom. The SMILES string of the molecule is CCOc1ccc(CCC2CCC(C=CCCF)CO2)c(F)c1F. The van der Waals surface area contributed by atoms with Crippen LogP contribution in [-0.4, -0.2) is 26.0 Å². The predicted molar refractivity (Wildman–Crippen MR) is 88.0 cm³/mol. The van der Waals surface area contributed by atoms with Crippen molar-refractivity contribution in [3.8, 4) is 5.75 Å². The molecule has 0 radical (unpaired) electrons. The van der Waals surface area contributed by atoms with Crippen LogP contribution >= 0.6 is 0 Å². The Bertz CT molecular complexity index is 538. The molecule has 2 unspecified atom stereocenters. The molecule has 0 amide bonds. The van der Waals surface area contributed by atoms with E-state index in [2.05, 4.69) is 0 Å². The van der Waals surface area contributed by atoms with Crippen molar-refractivity contribution in [2.75, 3.05) is 19.9 Å². The first-order chi connectivity index (χ1) is 11.7. The van der Waals surface area contributed by atoms with Crippen LogP contribution in [0.5, 0.6) is 5.75 Å². The Balaban J connectivity index is 1.81. The summed E-state index contributed by atoms with van der Waals surface area (Å²) in [4.78, 5) is 0. The average molecular weight is 342 g/mol. The van der Waals surface area contributed by atoms with E-state index in [9.17, 15) is 13.2 Å². The second-order valence-corrected chi connectivity index (χ2v) is 6.02. The van der Waals surface area contributed by atoms with Crippen LogP contribution in [-0.2, 0) is 11.2 Å². The third-order valence-corrected chi connectivity index (χ3v) is 4.25. The van der Waals surface area contributed by atoms with E-state index in [4.69, 9.17) is 9.47 Å². The highest BCUT2D eigenvalue weighted by molar-refractivity contribution is 5.31. The molecule has 1 aliphatic heterocycles. The van der Waals surface area contributed by atoms with E-state index < -0.39 is 11.6 Å². The first-order valence-electron chi connectivity index (χ1n) is 8.59. The summed E-state index contributed by atoms with van der Waals surface area (Å²) in [7, 11) is 0. The van der Waals surface area contributed by atoms with Crippen molar-refractivity contribution in [1.82, 2.24) is 0 Å². The van der Waals surface area contributed by atoms with Gasteiger partial charge in [-0.15, -0.1) is 0 Å². The average Bonchev–Trinajstić information content (AvgIpc) is 2.60. The lowest BCUT2D eigenvalue weighted by Crippen LogP contribution is -2.25. The van der Waals surface area contributed by atoms with Crippen LogP contribution in [0.25, 0.3) is 0 Å². The van der Waals surface area contributed by atoms with Crippen LogP contribution in [0.3, 0.4) is 0 Å². The molecule has 0 N–H and O–H groups in total. The van der Waals surface area contributed by atoms with E-state index in [0.717, 1.165) is 12.8 Å². The van der Waals surface area contributed by atoms with Gasteiger partial charge in [-0.2, -0.15) is 4.39 Å². The molecule has 0 bridgehead atoms. The molecule has 2 atom stereocenters. The second kappa shape index (κ2) is 9.72. The zero-order chi connectivity index (χ0) is 17.4. The maximum absolute atomic E-state index is 14.0. The van der Waals surface area contributed by atoms with Gasteiger partial charge in [0.05, 0.1) is 26.0 Å². The highest BCUT2D eigenvalue weighted by Crippen LogP contribution is 2.26. The maximum Gasteiger partial charge on any atom is 0.200 e. The van der Waals surface area contributed by atoms with Crippen LogP contribution in [0.15, 0.2) is 24.3 Å². The molecule has 24 heavy (non-hydrogen) atoms. The minimum atomic E-state index is -0.919. The number of ether oxygens (including phenoxy) is 2. The van der Waals surface area contributed by atoms with Crippen LogP contribution in [0, 0.1) is 17.6 Å². The molecular weight excluding hydrogens is 317 g/mol. The minimum absolute atomic E-state index is 0.0458. The molecule has 0 saturated carbocycles. The summed E-state index contributed by atoms with van der Waals surface area (Å²) in [5.74, 6) is -1.47. The highest BCUT2D eigenvalue weighted by Gasteiger charge is 2.21. The van der Waals surface area contributed by atoms with Crippen molar-refractivity contribution in [2.24, 2.45) is 5.92 Å². The Morgan fingerprint density at radius 2 is 2.08 bits per heavy atom. The lowest BCUT2D eigenvalue weighted by Gasteiger charge is -2.27. The van der Waals surface area contributed by atoms with Crippen molar-refractivity contribution in [2.45, 2.75) is 45.1 Å². The topological polar surface area (TPSA) is 18.5 Å². The van der Waals surface area contributed by atoms with Gasteiger partial charge in [0.1, 0.15) is 0 Å². The lowest BCUT2D eigenvalue weighted by atomic mass is 9.94. The number of rotatable bonds is 8. The molecule has 0 aromatic heterocycles. The fourth-order valence-corrected chi connectivity index (χ4v) is 2.91. The summed E-state index contributed by atoms with van der Waals surface area (Å²) in [6, 6.07) is 3.05. The van der Waals surface area contributed by atoms with E-state index in [1.165, 1.54) is 6.07 Å². The van der Waals surface area contributed by atoms with Gasteiger partial charge in [0, 0.05) is 5.92 Å². The van der Waals surface area contributed by atoms with Crippen LogP contribution < -0.4 is 4.74 Å². The quantitative estimate of drug-likeness (QED) is 0.619. The number of benzene rings is 1.